The maximum absolute atomic E-state index is 12.8. The van der Waals surface area contributed by atoms with Crippen molar-refractivity contribution in [3.63, 3.8) is 0 Å². The van der Waals surface area contributed by atoms with Gasteiger partial charge in [-0.1, -0.05) is 32.1 Å². The molecule has 0 aromatic heterocycles. The highest BCUT2D eigenvalue weighted by molar-refractivity contribution is 7.87. The topological polar surface area (TPSA) is 80.7 Å². The van der Waals surface area contributed by atoms with E-state index in [0.717, 1.165) is 32.1 Å². The van der Waals surface area contributed by atoms with Crippen LogP contribution in [0.25, 0.3) is 0 Å². The first kappa shape index (κ1) is 15.3. The highest BCUT2D eigenvalue weighted by atomic mass is 32.2. The summed E-state index contributed by atoms with van der Waals surface area (Å²) < 4.78 is 58.5. The van der Waals surface area contributed by atoms with E-state index in [2.05, 4.69) is 4.74 Å². The summed E-state index contributed by atoms with van der Waals surface area (Å²) in [5.74, 6) is -1.90. The highest BCUT2D eigenvalue weighted by Crippen LogP contribution is 2.27. The Bertz CT molecular complexity index is 387. The van der Waals surface area contributed by atoms with Crippen molar-refractivity contribution in [3.05, 3.63) is 0 Å². The zero-order valence-electron chi connectivity index (χ0n) is 9.77. The average molecular weight is 286 g/mol. The Balaban J connectivity index is 2.37. The highest BCUT2D eigenvalue weighted by Gasteiger charge is 2.54. The quantitative estimate of drug-likeness (QED) is 0.617. The van der Waals surface area contributed by atoms with Crippen molar-refractivity contribution in [3.8, 4) is 0 Å². The summed E-state index contributed by atoms with van der Waals surface area (Å²) in [6.07, 6.45) is 5.66. The molecule has 1 fully saturated rings. The zero-order valence-corrected chi connectivity index (χ0v) is 10.6. The Morgan fingerprint density at radius 1 is 1.28 bits per heavy atom. The third-order valence-electron chi connectivity index (χ3n) is 3.05. The summed E-state index contributed by atoms with van der Waals surface area (Å²) in [5, 5.41) is -4.89. The summed E-state index contributed by atoms with van der Waals surface area (Å²) in [6, 6.07) is 0. The molecular weight excluding hydrogens is 270 g/mol. The number of esters is 1. The van der Waals surface area contributed by atoms with Crippen molar-refractivity contribution in [1.82, 2.24) is 0 Å². The molecule has 18 heavy (non-hydrogen) atoms. The van der Waals surface area contributed by atoms with Gasteiger partial charge >= 0.3 is 21.3 Å². The molecule has 0 aliphatic heterocycles. The van der Waals surface area contributed by atoms with Crippen molar-refractivity contribution in [2.45, 2.75) is 43.8 Å². The number of carbonyl (C=O) groups excluding carboxylic acids is 1. The third-order valence-corrected chi connectivity index (χ3v) is 3.86. The third kappa shape index (κ3) is 3.88. The van der Waals surface area contributed by atoms with Crippen molar-refractivity contribution in [2.75, 3.05) is 6.61 Å². The fraction of sp³-hybridized carbons (Fsp3) is 0.900. The van der Waals surface area contributed by atoms with E-state index < -0.39 is 21.3 Å². The SMILES string of the molecule is O=C(OCCC1CCCCC1)C(F)(F)S(=O)(=O)O. The maximum Gasteiger partial charge on any atom is 0.465 e. The zero-order chi connectivity index (χ0) is 13.8. The van der Waals surface area contributed by atoms with Crippen LogP contribution in [0, 0.1) is 5.92 Å². The number of hydrogen-bond donors (Lipinski definition) is 1. The molecular formula is C10H16F2O5S. The van der Waals surface area contributed by atoms with Crippen LogP contribution in [-0.2, 0) is 19.6 Å². The molecule has 0 bridgehead atoms. The molecule has 1 aliphatic rings. The second-order valence-electron chi connectivity index (χ2n) is 4.42. The second kappa shape index (κ2) is 5.92. The van der Waals surface area contributed by atoms with E-state index in [9.17, 15) is 22.0 Å². The van der Waals surface area contributed by atoms with Gasteiger partial charge in [-0.25, -0.2) is 4.79 Å². The van der Waals surface area contributed by atoms with Gasteiger partial charge in [-0.15, -0.1) is 0 Å². The van der Waals surface area contributed by atoms with Crippen molar-refractivity contribution in [2.24, 2.45) is 5.92 Å². The fourth-order valence-corrected chi connectivity index (χ4v) is 2.25. The molecule has 1 saturated carbocycles. The van der Waals surface area contributed by atoms with Gasteiger partial charge in [-0.05, 0) is 12.3 Å². The smallest absolute Gasteiger partial charge is 0.460 e. The average Bonchev–Trinajstić information content (AvgIpc) is 2.28. The van der Waals surface area contributed by atoms with Crippen molar-refractivity contribution >= 4 is 16.1 Å². The van der Waals surface area contributed by atoms with Gasteiger partial charge in [0.15, 0.2) is 0 Å². The lowest BCUT2D eigenvalue weighted by Gasteiger charge is -2.21. The van der Waals surface area contributed by atoms with Crippen LogP contribution in [0.15, 0.2) is 0 Å². The summed E-state index contributed by atoms with van der Waals surface area (Å²) in [4.78, 5) is 10.8. The molecule has 1 N–H and O–H groups in total. The van der Waals surface area contributed by atoms with Gasteiger partial charge in [-0.2, -0.15) is 17.2 Å². The Morgan fingerprint density at radius 2 is 1.83 bits per heavy atom. The molecule has 0 saturated heterocycles. The van der Waals surface area contributed by atoms with E-state index in [1.807, 2.05) is 0 Å². The summed E-state index contributed by atoms with van der Waals surface area (Å²) >= 11 is 0. The fourth-order valence-electron chi connectivity index (χ4n) is 1.98. The Kier molecular flexibility index (Phi) is 5.03. The lowest BCUT2D eigenvalue weighted by molar-refractivity contribution is -0.161. The molecule has 0 aromatic carbocycles. The normalized spacial score (nSPS) is 18.6. The minimum Gasteiger partial charge on any atom is -0.460 e. The van der Waals surface area contributed by atoms with Crippen molar-refractivity contribution < 1.29 is 31.3 Å². The number of alkyl halides is 2. The van der Waals surface area contributed by atoms with E-state index in [0.29, 0.717) is 12.3 Å². The van der Waals surface area contributed by atoms with E-state index >= 15 is 0 Å². The summed E-state index contributed by atoms with van der Waals surface area (Å²) in [5.41, 5.74) is 0. The molecule has 1 aliphatic carbocycles. The number of rotatable bonds is 5. The second-order valence-corrected chi connectivity index (χ2v) is 5.88. The van der Waals surface area contributed by atoms with E-state index in [1.165, 1.54) is 0 Å². The molecule has 0 unspecified atom stereocenters. The van der Waals surface area contributed by atoms with Gasteiger partial charge in [0.05, 0.1) is 6.61 Å². The van der Waals surface area contributed by atoms with E-state index in [1.54, 1.807) is 0 Å². The molecule has 0 heterocycles. The molecule has 0 amide bonds. The van der Waals surface area contributed by atoms with Crippen LogP contribution in [-0.4, -0.2) is 30.8 Å². The molecule has 0 radical (unpaired) electrons. The number of halogens is 2. The Hall–Kier alpha value is -0.760. The first-order chi connectivity index (χ1) is 8.25. The van der Waals surface area contributed by atoms with Gasteiger partial charge < -0.3 is 4.74 Å². The molecule has 0 atom stereocenters. The van der Waals surface area contributed by atoms with Crippen LogP contribution in [0.4, 0.5) is 8.78 Å². The molecule has 8 heteroatoms. The summed E-state index contributed by atoms with van der Waals surface area (Å²) in [7, 11) is -5.76. The number of ether oxygens (including phenoxy) is 1. The summed E-state index contributed by atoms with van der Waals surface area (Å²) in [6.45, 7) is -0.255. The lowest BCUT2D eigenvalue weighted by Crippen LogP contribution is -2.39. The molecule has 1 rings (SSSR count). The van der Waals surface area contributed by atoms with E-state index in [-0.39, 0.29) is 6.61 Å². The predicted octanol–water partition coefficient (Wildman–Crippen LogP) is 1.98. The first-order valence-corrected chi connectivity index (χ1v) is 7.21. The largest absolute Gasteiger partial charge is 0.465 e. The number of carbonyl (C=O) groups is 1. The standard InChI is InChI=1S/C10H16F2O5S/c11-10(12,18(14,15)16)9(13)17-7-6-8-4-2-1-3-5-8/h8H,1-7H2,(H,14,15,16). The molecule has 0 spiro atoms. The van der Waals surface area contributed by atoms with Crippen LogP contribution in [0.1, 0.15) is 38.5 Å². The lowest BCUT2D eigenvalue weighted by atomic mass is 9.87. The van der Waals surface area contributed by atoms with Crippen LogP contribution >= 0.6 is 0 Å². The minimum atomic E-state index is -5.76. The van der Waals surface area contributed by atoms with Crippen LogP contribution in [0.2, 0.25) is 0 Å². The van der Waals surface area contributed by atoms with Gasteiger partial charge in [0.25, 0.3) is 0 Å². The Labute approximate surface area is 104 Å². The van der Waals surface area contributed by atoms with Crippen LogP contribution in [0.5, 0.6) is 0 Å². The van der Waals surface area contributed by atoms with E-state index in [4.69, 9.17) is 4.55 Å². The first-order valence-electron chi connectivity index (χ1n) is 5.77. The number of hydrogen-bond acceptors (Lipinski definition) is 4. The van der Waals surface area contributed by atoms with Gasteiger partial charge in [0.1, 0.15) is 0 Å². The van der Waals surface area contributed by atoms with Gasteiger partial charge in [0, 0.05) is 0 Å². The Morgan fingerprint density at radius 3 is 2.33 bits per heavy atom. The predicted molar refractivity (Wildman–Crippen MR) is 58.6 cm³/mol. The molecule has 106 valence electrons. The minimum absolute atomic E-state index is 0.255. The molecule has 5 nitrogen and oxygen atoms in total. The molecule has 0 aromatic rings. The van der Waals surface area contributed by atoms with Gasteiger partial charge in [0.2, 0.25) is 0 Å². The monoisotopic (exact) mass is 286 g/mol. The van der Waals surface area contributed by atoms with Crippen LogP contribution < -0.4 is 0 Å². The van der Waals surface area contributed by atoms with Crippen molar-refractivity contribution in [1.29, 1.82) is 0 Å². The maximum atomic E-state index is 12.8. The van der Waals surface area contributed by atoms with Crippen LogP contribution in [0.3, 0.4) is 0 Å². The van der Waals surface area contributed by atoms with Gasteiger partial charge in [-0.3, -0.25) is 4.55 Å².